The molecule has 0 spiro atoms. The predicted octanol–water partition coefficient (Wildman–Crippen LogP) is 2.17. The van der Waals surface area contributed by atoms with Crippen molar-refractivity contribution in [3.63, 3.8) is 0 Å². The molecule has 4 heteroatoms. The molecule has 1 aliphatic rings. The van der Waals surface area contributed by atoms with E-state index in [4.69, 9.17) is 0 Å². The Labute approximate surface area is 104 Å². The van der Waals surface area contributed by atoms with E-state index in [0.29, 0.717) is 11.8 Å². The molecule has 0 aromatic carbocycles. The van der Waals surface area contributed by atoms with Crippen LogP contribution in [0.5, 0.6) is 0 Å². The van der Waals surface area contributed by atoms with Crippen LogP contribution in [0.1, 0.15) is 40.5 Å². The van der Waals surface area contributed by atoms with Crippen molar-refractivity contribution < 1.29 is 9.18 Å². The lowest BCUT2D eigenvalue weighted by molar-refractivity contribution is -0.130. The molecule has 100 valence electrons. The number of carbonyl (C=O) groups is 1. The van der Waals surface area contributed by atoms with Gasteiger partial charge in [-0.2, -0.15) is 0 Å². The van der Waals surface area contributed by atoms with E-state index in [1.807, 2.05) is 0 Å². The fourth-order valence-corrected chi connectivity index (χ4v) is 2.39. The van der Waals surface area contributed by atoms with Crippen molar-refractivity contribution in [2.75, 3.05) is 13.2 Å². The van der Waals surface area contributed by atoms with Crippen LogP contribution in [0.3, 0.4) is 0 Å². The SMILES string of the molecule is CC(C)CC1NC(CC(C)C)N(CCF)C1=O. The molecule has 0 aromatic rings. The minimum absolute atomic E-state index is 0.0157. The van der Waals surface area contributed by atoms with Crippen molar-refractivity contribution in [2.24, 2.45) is 11.8 Å². The van der Waals surface area contributed by atoms with Gasteiger partial charge >= 0.3 is 0 Å². The normalized spacial score (nSPS) is 25.4. The number of halogens is 1. The molecule has 1 heterocycles. The number of hydrogen-bond acceptors (Lipinski definition) is 2. The Morgan fingerprint density at radius 3 is 2.29 bits per heavy atom. The summed E-state index contributed by atoms with van der Waals surface area (Å²) in [5.74, 6) is 1.05. The van der Waals surface area contributed by atoms with Crippen LogP contribution in [0.4, 0.5) is 4.39 Å². The molecule has 0 bridgehead atoms. The second kappa shape index (κ2) is 6.34. The smallest absolute Gasteiger partial charge is 0.241 e. The highest BCUT2D eigenvalue weighted by Crippen LogP contribution is 2.21. The maximum atomic E-state index is 12.5. The first-order valence-electron chi connectivity index (χ1n) is 6.58. The minimum Gasteiger partial charge on any atom is -0.323 e. The van der Waals surface area contributed by atoms with E-state index in [0.717, 1.165) is 12.8 Å². The number of hydrogen-bond donors (Lipinski definition) is 1. The predicted molar refractivity (Wildman–Crippen MR) is 67.3 cm³/mol. The summed E-state index contributed by atoms with van der Waals surface area (Å²) in [6.07, 6.45) is 1.73. The molecule has 1 aliphatic heterocycles. The molecule has 0 aromatic heterocycles. The van der Waals surface area contributed by atoms with Gasteiger partial charge in [0.2, 0.25) is 5.91 Å². The summed E-state index contributed by atoms with van der Waals surface area (Å²) in [6, 6.07) is -0.120. The fourth-order valence-electron chi connectivity index (χ4n) is 2.39. The summed E-state index contributed by atoms with van der Waals surface area (Å²) in [7, 11) is 0. The second-order valence-corrected chi connectivity index (χ2v) is 5.71. The van der Waals surface area contributed by atoms with Gasteiger partial charge in [0.15, 0.2) is 0 Å². The minimum atomic E-state index is -0.462. The zero-order valence-corrected chi connectivity index (χ0v) is 11.4. The summed E-state index contributed by atoms with van der Waals surface area (Å²) < 4.78 is 12.5. The standard InChI is InChI=1S/C13H25FN2O/c1-9(2)7-11-13(17)16(6-5-14)12(15-11)8-10(3)4/h9-12,15H,5-8H2,1-4H3. The van der Waals surface area contributed by atoms with Crippen molar-refractivity contribution in [1.82, 2.24) is 10.2 Å². The molecular formula is C13H25FN2O. The molecule has 0 aliphatic carbocycles. The summed E-state index contributed by atoms with van der Waals surface area (Å²) in [6.45, 7) is 8.20. The Kier molecular flexibility index (Phi) is 5.37. The van der Waals surface area contributed by atoms with Crippen molar-refractivity contribution in [3.8, 4) is 0 Å². The molecule has 1 rings (SSSR count). The molecule has 1 saturated heterocycles. The number of nitrogens with one attached hydrogen (secondary N) is 1. The largest absolute Gasteiger partial charge is 0.323 e. The second-order valence-electron chi connectivity index (χ2n) is 5.71. The third-order valence-corrected chi connectivity index (χ3v) is 3.08. The average molecular weight is 244 g/mol. The van der Waals surface area contributed by atoms with Crippen LogP contribution in [0, 0.1) is 11.8 Å². The monoisotopic (exact) mass is 244 g/mol. The van der Waals surface area contributed by atoms with Crippen LogP contribution in [-0.4, -0.2) is 36.2 Å². The number of carbonyl (C=O) groups excluding carboxylic acids is 1. The van der Waals surface area contributed by atoms with Crippen molar-refractivity contribution in [2.45, 2.75) is 52.7 Å². The van der Waals surface area contributed by atoms with E-state index in [-0.39, 0.29) is 24.7 Å². The van der Waals surface area contributed by atoms with Crippen molar-refractivity contribution >= 4 is 5.91 Å². The highest BCUT2D eigenvalue weighted by Gasteiger charge is 2.38. The Hall–Kier alpha value is -0.640. The first kappa shape index (κ1) is 14.4. The lowest BCUT2D eigenvalue weighted by Crippen LogP contribution is -2.39. The molecular weight excluding hydrogens is 219 g/mol. The molecule has 1 amide bonds. The summed E-state index contributed by atoms with van der Waals surface area (Å²) in [5, 5.41) is 3.35. The summed E-state index contributed by atoms with van der Waals surface area (Å²) in [5.41, 5.74) is 0. The Morgan fingerprint density at radius 1 is 1.24 bits per heavy atom. The average Bonchev–Trinajstić information content (AvgIpc) is 2.45. The van der Waals surface area contributed by atoms with Gasteiger partial charge in [-0.05, 0) is 24.7 Å². The van der Waals surface area contributed by atoms with Crippen LogP contribution < -0.4 is 5.32 Å². The topological polar surface area (TPSA) is 32.3 Å². The van der Waals surface area contributed by atoms with Gasteiger partial charge in [-0.15, -0.1) is 0 Å². The first-order chi connectivity index (χ1) is 7.95. The van der Waals surface area contributed by atoms with E-state index in [1.54, 1.807) is 4.90 Å². The van der Waals surface area contributed by atoms with Gasteiger partial charge in [-0.3, -0.25) is 10.1 Å². The van der Waals surface area contributed by atoms with Gasteiger partial charge in [-0.25, -0.2) is 4.39 Å². The Morgan fingerprint density at radius 2 is 1.82 bits per heavy atom. The third-order valence-electron chi connectivity index (χ3n) is 3.08. The lowest BCUT2D eigenvalue weighted by Gasteiger charge is -2.24. The number of amides is 1. The van der Waals surface area contributed by atoms with Gasteiger partial charge in [-0.1, -0.05) is 27.7 Å². The number of rotatable bonds is 6. The van der Waals surface area contributed by atoms with E-state index in [9.17, 15) is 9.18 Å². The van der Waals surface area contributed by atoms with Crippen LogP contribution >= 0.6 is 0 Å². The lowest BCUT2D eigenvalue weighted by atomic mass is 10.0. The van der Waals surface area contributed by atoms with Crippen LogP contribution in [0.25, 0.3) is 0 Å². The van der Waals surface area contributed by atoms with Gasteiger partial charge < -0.3 is 4.90 Å². The van der Waals surface area contributed by atoms with Gasteiger partial charge in [0.1, 0.15) is 6.67 Å². The van der Waals surface area contributed by atoms with E-state index < -0.39 is 6.67 Å². The zero-order chi connectivity index (χ0) is 13.0. The molecule has 0 saturated carbocycles. The Balaban J connectivity index is 2.66. The van der Waals surface area contributed by atoms with Crippen molar-refractivity contribution in [1.29, 1.82) is 0 Å². The number of alkyl halides is 1. The van der Waals surface area contributed by atoms with Gasteiger partial charge in [0, 0.05) is 0 Å². The summed E-state index contributed by atoms with van der Waals surface area (Å²) in [4.78, 5) is 13.8. The fraction of sp³-hybridized carbons (Fsp3) is 0.923. The maximum absolute atomic E-state index is 12.5. The third kappa shape index (κ3) is 3.95. The first-order valence-corrected chi connectivity index (χ1v) is 6.58. The highest BCUT2D eigenvalue weighted by molar-refractivity contribution is 5.84. The molecule has 3 nitrogen and oxygen atoms in total. The number of nitrogens with zero attached hydrogens (tertiary/aromatic N) is 1. The van der Waals surface area contributed by atoms with E-state index in [1.165, 1.54) is 0 Å². The van der Waals surface area contributed by atoms with Crippen LogP contribution in [0.2, 0.25) is 0 Å². The molecule has 2 atom stereocenters. The molecule has 17 heavy (non-hydrogen) atoms. The quantitative estimate of drug-likeness (QED) is 0.776. The highest BCUT2D eigenvalue weighted by atomic mass is 19.1. The molecule has 0 radical (unpaired) electrons. The van der Waals surface area contributed by atoms with Gasteiger partial charge in [0.25, 0.3) is 0 Å². The van der Waals surface area contributed by atoms with Crippen LogP contribution in [-0.2, 0) is 4.79 Å². The Bertz CT molecular complexity index is 256. The maximum Gasteiger partial charge on any atom is 0.241 e. The molecule has 2 unspecified atom stereocenters. The van der Waals surface area contributed by atoms with E-state index in [2.05, 4.69) is 33.0 Å². The molecule has 1 N–H and O–H groups in total. The van der Waals surface area contributed by atoms with Crippen LogP contribution in [0.15, 0.2) is 0 Å². The molecule has 1 fully saturated rings. The van der Waals surface area contributed by atoms with Gasteiger partial charge in [0.05, 0.1) is 18.8 Å². The summed E-state index contributed by atoms with van der Waals surface area (Å²) >= 11 is 0. The zero-order valence-electron chi connectivity index (χ0n) is 11.4. The van der Waals surface area contributed by atoms with E-state index >= 15 is 0 Å². The van der Waals surface area contributed by atoms with Crippen molar-refractivity contribution in [3.05, 3.63) is 0 Å².